The maximum Gasteiger partial charge on any atom is 0.225 e. The van der Waals surface area contributed by atoms with Crippen molar-refractivity contribution in [3.05, 3.63) is 53.1 Å². The van der Waals surface area contributed by atoms with Gasteiger partial charge in [-0.1, -0.05) is 29.8 Å². The van der Waals surface area contributed by atoms with Crippen LogP contribution in [-0.2, 0) is 0 Å². The average Bonchev–Trinajstić information content (AvgIpc) is 2.80. The number of nitrogens with zero attached hydrogens (tertiary/aromatic N) is 3. The van der Waals surface area contributed by atoms with Gasteiger partial charge < -0.3 is 20.9 Å². The van der Waals surface area contributed by atoms with Crippen LogP contribution in [0.15, 0.2) is 42.5 Å². The molecule has 4 rings (SSSR count). The minimum Gasteiger partial charge on any atom is -0.362 e. The quantitative estimate of drug-likeness (QED) is 0.394. The fourth-order valence-corrected chi connectivity index (χ4v) is 4.66. The zero-order valence-electron chi connectivity index (χ0n) is 19.4. The second-order valence-electron chi connectivity index (χ2n) is 8.94. The van der Waals surface area contributed by atoms with E-state index in [-0.39, 0.29) is 0 Å². The van der Waals surface area contributed by atoms with Gasteiger partial charge in [0, 0.05) is 42.8 Å². The van der Waals surface area contributed by atoms with Crippen LogP contribution >= 0.6 is 23.8 Å². The summed E-state index contributed by atoms with van der Waals surface area (Å²) in [5.74, 6) is 2.25. The van der Waals surface area contributed by atoms with Crippen LogP contribution in [0.5, 0.6) is 0 Å². The normalized spacial score (nSPS) is 18.1. The Kier molecular flexibility index (Phi) is 7.50. The van der Waals surface area contributed by atoms with E-state index in [1.807, 2.05) is 62.3 Å². The number of halogens is 1. The number of thiocarbonyl (C=S) groups is 1. The summed E-state index contributed by atoms with van der Waals surface area (Å²) in [6.07, 6.45) is 4.45. The highest BCUT2D eigenvalue weighted by Gasteiger charge is 2.22. The monoisotopic (exact) mass is 482 g/mol. The van der Waals surface area contributed by atoms with Crippen LogP contribution in [0, 0.1) is 12.8 Å². The molecule has 8 heteroatoms. The Morgan fingerprint density at radius 1 is 1.09 bits per heavy atom. The molecule has 33 heavy (non-hydrogen) atoms. The predicted octanol–water partition coefficient (Wildman–Crippen LogP) is 5.61. The van der Waals surface area contributed by atoms with Crippen molar-refractivity contribution in [1.82, 2.24) is 15.3 Å². The second-order valence-corrected chi connectivity index (χ2v) is 9.78. The van der Waals surface area contributed by atoms with Crippen molar-refractivity contribution in [3.63, 3.8) is 0 Å². The number of aromatic nitrogens is 2. The Hall–Kier alpha value is -2.64. The van der Waals surface area contributed by atoms with Gasteiger partial charge in [-0.25, -0.2) is 4.98 Å². The van der Waals surface area contributed by atoms with E-state index in [1.165, 1.54) is 0 Å². The van der Waals surface area contributed by atoms with Crippen molar-refractivity contribution >= 4 is 57.3 Å². The van der Waals surface area contributed by atoms with Gasteiger partial charge in [0.25, 0.3) is 0 Å². The first-order valence-electron chi connectivity index (χ1n) is 11.4. The largest absolute Gasteiger partial charge is 0.362 e. The molecule has 6 nitrogen and oxygen atoms in total. The van der Waals surface area contributed by atoms with Gasteiger partial charge in [-0.3, -0.25) is 0 Å². The van der Waals surface area contributed by atoms with Crippen molar-refractivity contribution in [2.45, 2.75) is 38.6 Å². The molecule has 2 aromatic carbocycles. The van der Waals surface area contributed by atoms with Gasteiger partial charge in [-0.05, 0) is 80.6 Å². The van der Waals surface area contributed by atoms with Crippen LogP contribution in [0.2, 0.25) is 5.02 Å². The number of benzene rings is 2. The number of hydrogen-bond donors (Lipinski definition) is 3. The predicted molar refractivity (Wildman–Crippen MR) is 144 cm³/mol. The van der Waals surface area contributed by atoms with E-state index in [0.717, 1.165) is 60.2 Å². The molecule has 174 valence electrons. The molecule has 1 heterocycles. The molecule has 0 aliphatic heterocycles. The maximum atomic E-state index is 6.10. The first-order valence-corrected chi connectivity index (χ1v) is 12.2. The first kappa shape index (κ1) is 23.5. The zero-order valence-corrected chi connectivity index (χ0v) is 20.9. The van der Waals surface area contributed by atoms with Gasteiger partial charge in [0.1, 0.15) is 5.82 Å². The molecule has 1 fully saturated rings. The summed E-state index contributed by atoms with van der Waals surface area (Å²) in [4.78, 5) is 11.6. The third-order valence-corrected chi connectivity index (χ3v) is 6.67. The van der Waals surface area contributed by atoms with E-state index in [2.05, 4.69) is 22.0 Å². The summed E-state index contributed by atoms with van der Waals surface area (Å²) in [5, 5.41) is 12.6. The second kappa shape index (κ2) is 10.5. The molecule has 1 saturated carbocycles. The Bertz CT molecular complexity index is 1130. The Balaban J connectivity index is 1.28. The van der Waals surface area contributed by atoms with Crippen LogP contribution in [-0.4, -0.2) is 41.8 Å². The first-order chi connectivity index (χ1) is 15.9. The van der Waals surface area contributed by atoms with E-state index in [0.29, 0.717) is 28.0 Å². The molecule has 0 amide bonds. The summed E-state index contributed by atoms with van der Waals surface area (Å²) in [6.45, 7) is 2.91. The molecule has 0 spiro atoms. The van der Waals surface area contributed by atoms with Crippen LogP contribution in [0.25, 0.3) is 10.9 Å². The van der Waals surface area contributed by atoms with Crippen molar-refractivity contribution in [3.8, 4) is 0 Å². The van der Waals surface area contributed by atoms with Crippen LogP contribution in [0.1, 0.15) is 31.2 Å². The van der Waals surface area contributed by atoms with Crippen LogP contribution in [0.4, 0.5) is 17.5 Å². The number of para-hydroxylation sites is 1. The van der Waals surface area contributed by atoms with E-state index < -0.39 is 0 Å². The molecular formula is C25H31ClN6S. The minimum atomic E-state index is 0.386. The molecule has 1 aromatic heterocycles. The SMILES string of the molecule is Cc1ccc(Cl)cc1NC(=S)NCC1CCC(Nc2nc(N(C)C)c3ccccc3n2)CC1. The molecule has 3 N–H and O–H groups in total. The molecule has 0 atom stereocenters. The molecule has 1 aliphatic rings. The van der Waals surface area contributed by atoms with Crippen molar-refractivity contribution in [2.75, 3.05) is 36.2 Å². The number of rotatable bonds is 6. The molecule has 0 bridgehead atoms. The van der Waals surface area contributed by atoms with Gasteiger partial charge in [-0.15, -0.1) is 0 Å². The average molecular weight is 483 g/mol. The smallest absolute Gasteiger partial charge is 0.225 e. The number of aryl methyl sites for hydroxylation is 1. The number of anilines is 3. The zero-order chi connectivity index (χ0) is 23.4. The highest BCUT2D eigenvalue weighted by Crippen LogP contribution is 2.28. The van der Waals surface area contributed by atoms with Gasteiger partial charge in [0.05, 0.1) is 5.52 Å². The molecule has 0 unspecified atom stereocenters. The molecular weight excluding hydrogens is 452 g/mol. The summed E-state index contributed by atoms with van der Waals surface area (Å²) in [6, 6.07) is 14.3. The molecule has 0 radical (unpaired) electrons. The Labute approximate surface area is 206 Å². The summed E-state index contributed by atoms with van der Waals surface area (Å²) in [5.41, 5.74) is 3.02. The lowest BCUT2D eigenvalue weighted by Crippen LogP contribution is -2.36. The van der Waals surface area contributed by atoms with E-state index in [4.69, 9.17) is 33.8 Å². The van der Waals surface area contributed by atoms with Crippen LogP contribution in [0.3, 0.4) is 0 Å². The van der Waals surface area contributed by atoms with Crippen molar-refractivity contribution in [2.24, 2.45) is 5.92 Å². The lowest BCUT2D eigenvalue weighted by Gasteiger charge is -2.30. The van der Waals surface area contributed by atoms with E-state index in [9.17, 15) is 0 Å². The van der Waals surface area contributed by atoms with Crippen molar-refractivity contribution in [1.29, 1.82) is 0 Å². The highest BCUT2D eigenvalue weighted by molar-refractivity contribution is 7.80. The standard InChI is InChI=1S/C25H31ClN6S/c1-16-8-11-18(26)14-22(16)30-25(33)27-15-17-9-12-19(13-10-17)28-24-29-21-7-5-4-6-20(21)23(31-24)32(2)3/h4-8,11,14,17,19H,9-10,12-13,15H2,1-3H3,(H2,27,30,33)(H,28,29,31). The van der Waals surface area contributed by atoms with E-state index >= 15 is 0 Å². The Morgan fingerprint density at radius 3 is 2.61 bits per heavy atom. The lowest BCUT2D eigenvalue weighted by atomic mass is 9.86. The maximum absolute atomic E-state index is 6.10. The highest BCUT2D eigenvalue weighted by atomic mass is 35.5. The molecule has 1 aliphatic carbocycles. The van der Waals surface area contributed by atoms with Crippen molar-refractivity contribution < 1.29 is 0 Å². The van der Waals surface area contributed by atoms with Gasteiger partial charge in [-0.2, -0.15) is 4.98 Å². The topological polar surface area (TPSA) is 65.1 Å². The van der Waals surface area contributed by atoms with E-state index in [1.54, 1.807) is 0 Å². The minimum absolute atomic E-state index is 0.386. The third-order valence-electron chi connectivity index (χ3n) is 6.19. The fourth-order valence-electron chi connectivity index (χ4n) is 4.29. The Morgan fingerprint density at radius 2 is 1.85 bits per heavy atom. The number of nitrogens with one attached hydrogen (secondary N) is 3. The van der Waals surface area contributed by atoms with Crippen LogP contribution < -0.4 is 20.9 Å². The lowest BCUT2D eigenvalue weighted by molar-refractivity contribution is 0.336. The summed E-state index contributed by atoms with van der Waals surface area (Å²) < 4.78 is 0. The van der Waals surface area contributed by atoms with Gasteiger partial charge in [0.2, 0.25) is 5.95 Å². The number of hydrogen-bond acceptors (Lipinski definition) is 5. The summed E-state index contributed by atoms with van der Waals surface area (Å²) in [7, 11) is 4.04. The number of fused-ring (bicyclic) bond motifs is 1. The summed E-state index contributed by atoms with van der Waals surface area (Å²) >= 11 is 11.6. The third kappa shape index (κ3) is 6.03. The fraction of sp³-hybridized carbons (Fsp3) is 0.400. The van der Waals surface area contributed by atoms with Gasteiger partial charge in [0.15, 0.2) is 5.11 Å². The molecule has 3 aromatic rings. The molecule has 0 saturated heterocycles. The van der Waals surface area contributed by atoms with Gasteiger partial charge >= 0.3 is 0 Å².